The van der Waals surface area contributed by atoms with E-state index >= 15 is 0 Å². The molecule has 0 bridgehead atoms. The first-order valence-corrected chi connectivity index (χ1v) is 12.0. The largest absolute Gasteiger partial charge is 0.497 e. The van der Waals surface area contributed by atoms with Gasteiger partial charge in [0, 0.05) is 52.1 Å². The van der Waals surface area contributed by atoms with Crippen LogP contribution in [-0.4, -0.2) is 38.3 Å². The van der Waals surface area contributed by atoms with Gasteiger partial charge in [-0.25, -0.2) is 9.37 Å². The first-order chi connectivity index (χ1) is 18.0. The van der Waals surface area contributed by atoms with E-state index < -0.39 is 0 Å². The second-order valence-electron chi connectivity index (χ2n) is 9.28. The maximum Gasteiger partial charge on any atom is 0.181 e. The van der Waals surface area contributed by atoms with Crippen LogP contribution in [0.3, 0.4) is 0 Å². The molecule has 0 unspecified atom stereocenters. The van der Waals surface area contributed by atoms with E-state index in [1.54, 1.807) is 18.5 Å². The zero-order chi connectivity index (χ0) is 25.5. The molecule has 2 aromatic carbocycles. The number of benzene rings is 2. The Labute approximate surface area is 212 Å². The minimum Gasteiger partial charge on any atom is -0.497 e. The van der Waals surface area contributed by atoms with Crippen LogP contribution in [0.4, 0.5) is 10.1 Å². The highest BCUT2D eigenvalue weighted by molar-refractivity contribution is 6.00. The van der Waals surface area contributed by atoms with E-state index in [4.69, 9.17) is 4.74 Å². The van der Waals surface area contributed by atoms with E-state index in [9.17, 15) is 4.39 Å². The molecular formula is C29H25FN6O. The fourth-order valence-electron chi connectivity index (χ4n) is 4.64. The van der Waals surface area contributed by atoms with Gasteiger partial charge >= 0.3 is 0 Å². The molecule has 4 aromatic heterocycles. The summed E-state index contributed by atoms with van der Waals surface area (Å²) < 4.78 is 19.5. The van der Waals surface area contributed by atoms with Gasteiger partial charge in [0.1, 0.15) is 11.6 Å². The molecule has 0 saturated carbocycles. The highest BCUT2D eigenvalue weighted by Crippen LogP contribution is 2.35. The van der Waals surface area contributed by atoms with Crippen LogP contribution in [0.25, 0.3) is 55.6 Å². The monoisotopic (exact) mass is 492 g/mol. The molecule has 6 rings (SSSR count). The average molecular weight is 493 g/mol. The minimum atomic E-state index is -0.368. The van der Waals surface area contributed by atoms with Crippen LogP contribution in [-0.2, 0) is 0 Å². The number of aromatic amines is 2. The highest BCUT2D eigenvalue weighted by Gasteiger charge is 2.16. The molecule has 7 nitrogen and oxygen atoms in total. The second-order valence-corrected chi connectivity index (χ2v) is 9.28. The summed E-state index contributed by atoms with van der Waals surface area (Å²) in [4.78, 5) is 12.4. The van der Waals surface area contributed by atoms with Gasteiger partial charge in [0.2, 0.25) is 0 Å². The Balaban J connectivity index is 1.45. The third-order valence-electron chi connectivity index (χ3n) is 6.29. The summed E-state index contributed by atoms with van der Waals surface area (Å²) >= 11 is 0. The van der Waals surface area contributed by atoms with Crippen molar-refractivity contribution in [2.24, 2.45) is 0 Å². The Morgan fingerprint density at radius 2 is 1.81 bits per heavy atom. The van der Waals surface area contributed by atoms with Gasteiger partial charge in [0.15, 0.2) is 5.65 Å². The van der Waals surface area contributed by atoms with Crippen molar-refractivity contribution in [2.45, 2.75) is 19.9 Å². The van der Waals surface area contributed by atoms with Gasteiger partial charge < -0.3 is 15.0 Å². The van der Waals surface area contributed by atoms with Gasteiger partial charge in [-0.3, -0.25) is 10.1 Å². The first kappa shape index (κ1) is 22.7. The van der Waals surface area contributed by atoms with Crippen LogP contribution in [0.2, 0.25) is 0 Å². The van der Waals surface area contributed by atoms with E-state index in [1.807, 2.05) is 18.3 Å². The molecular weight excluding hydrogens is 467 g/mol. The summed E-state index contributed by atoms with van der Waals surface area (Å²) in [7, 11) is 1.52. The van der Waals surface area contributed by atoms with Crippen LogP contribution in [0.5, 0.6) is 5.75 Å². The maximum atomic E-state index is 14.2. The third kappa shape index (κ3) is 4.27. The molecule has 4 heterocycles. The minimum absolute atomic E-state index is 0.339. The molecule has 8 heteroatoms. The van der Waals surface area contributed by atoms with Gasteiger partial charge in [-0.1, -0.05) is 12.1 Å². The molecule has 0 amide bonds. The molecule has 0 spiro atoms. The molecule has 0 radical (unpaired) electrons. The van der Waals surface area contributed by atoms with Crippen molar-refractivity contribution in [3.8, 4) is 39.4 Å². The topological polar surface area (TPSA) is 91.5 Å². The number of anilines is 1. The van der Waals surface area contributed by atoms with E-state index in [1.165, 1.54) is 19.2 Å². The number of hydrogen-bond donors (Lipinski definition) is 3. The van der Waals surface area contributed by atoms with Crippen molar-refractivity contribution >= 4 is 27.6 Å². The number of halogens is 1. The summed E-state index contributed by atoms with van der Waals surface area (Å²) in [6.07, 6.45) is 5.33. The molecule has 184 valence electrons. The molecule has 0 saturated heterocycles. The molecule has 0 fully saturated rings. The lowest BCUT2D eigenvalue weighted by Gasteiger charge is -2.11. The lowest BCUT2D eigenvalue weighted by atomic mass is 10.0. The number of rotatable bonds is 6. The van der Waals surface area contributed by atoms with E-state index in [0.717, 1.165) is 50.1 Å². The van der Waals surface area contributed by atoms with Gasteiger partial charge in [-0.2, -0.15) is 5.10 Å². The first-order valence-electron chi connectivity index (χ1n) is 12.0. The van der Waals surface area contributed by atoms with E-state index in [0.29, 0.717) is 23.0 Å². The second kappa shape index (κ2) is 9.05. The lowest BCUT2D eigenvalue weighted by molar-refractivity contribution is 0.411. The standard InChI is InChI=1S/C29H25FN6O/c1-16(2)33-21-6-4-5-17(8-21)19-10-24-28(35-36-29(24)32-13-19)26-12-23-25(14-31-15-27(23)34-26)18-7-20(30)11-22(9-18)37-3/h4-16,33-34H,1-3H3,(H,32,35,36). The number of methoxy groups -OCH3 is 1. The molecule has 3 N–H and O–H groups in total. The van der Waals surface area contributed by atoms with Crippen LogP contribution in [0.1, 0.15) is 13.8 Å². The summed E-state index contributed by atoms with van der Waals surface area (Å²) in [5.41, 5.74) is 7.72. The van der Waals surface area contributed by atoms with E-state index in [2.05, 4.69) is 68.6 Å². The molecule has 0 atom stereocenters. The Bertz CT molecular complexity index is 1750. The van der Waals surface area contributed by atoms with Gasteiger partial charge in [-0.05, 0) is 61.4 Å². The van der Waals surface area contributed by atoms with Gasteiger partial charge in [0.05, 0.1) is 30.2 Å². The summed E-state index contributed by atoms with van der Waals surface area (Å²) in [6.45, 7) is 4.23. The molecule has 0 aliphatic carbocycles. The molecule has 37 heavy (non-hydrogen) atoms. The Morgan fingerprint density at radius 1 is 0.919 bits per heavy atom. The predicted octanol–water partition coefficient (Wildman–Crippen LogP) is 6.80. The Hall–Kier alpha value is -4.72. The molecule has 6 aromatic rings. The number of H-pyrrole nitrogens is 2. The quantitative estimate of drug-likeness (QED) is 0.238. The number of pyridine rings is 2. The third-order valence-corrected chi connectivity index (χ3v) is 6.29. The Morgan fingerprint density at radius 3 is 2.65 bits per heavy atom. The van der Waals surface area contributed by atoms with Gasteiger partial charge in [0.25, 0.3) is 0 Å². The van der Waals surface area contributed by atoms with Crippen molar-refractivity contribution in [1.29, 1.82) is 0 Å². The number of hydrogen-bond acceptors (Lipinski definition) is 5. The van der Waals surface area contributed by atoms with Crippen molar-refractivity contribution in [1.82, 2.24) is 25.1 Å². The fraction of sp³-hybridized carbons (Fsp3) is 0.138. The molecule has 0 aliphatic heterocycles. The van der Waals surface area contributed by atoms with Crippen LogP contribution < -0.4 is 10.1 Å². The zero-order valence-electron chi connectivity index (χ0n) is 20.6. The van der Waals surface area contributed by atoms with Crippen LogP contribution in [0.15, 0.2) is 73.2 Å². The number of nitrogens with zero attached hydrogens (tertiary/aromatic N) is 3. The number of aromatic nitrogens is 5. The SMILES string of the molecule is COc1cc(F)cc(-c2cncc3[nH]c(-c4[nH]nc5ncc(-c6cccc(NC(C)C)c6)cc45)cc23)c1. The molecule has 0 aliphatic rings. The number of nitrogens with one attached hydrogen (secondary N) is 3. The van der Waals surface area contributed by atoms with Crippen molar-refractivity contribution in [3.63, 3.8) is 0 Å². The average Bonchev–Trinajstić information content (AvgIpc) is 3.51. The summed E-state index contributed by atoms with van der Waals surface area (Å²) in [5.74, 6) is 0.0848. The summed E-state index contributed by atoms with van der Waals surface area (Å²) in [5, 5.41) is 12.8. The lowest BCUT2D eigenvalue weighted by Crippen LogP contribution is -2.09. The van der Waals surface area contributed by atoms with Gasteiger partial charge in [-0.15, -0.1) is 0 Å². The zero-order valence-corrected chi connectivity index (χ0v) is 20.6. The number of ether oxygens (including phenoxy) is 1. The van der Waals surface area contributed by atoms with Crippen molar-refractivity contribution in [2.75, 3.05) is 12.4 Å². The summed E-state index contributed by atoms with van der Waals surface area (Å²) in [6, 6.07) is 17.4. The normalized spacial score (nSPS) is 11.5. The van der Waals surface area contributed by atoms with Crippen molar-refractivity contribution in [3.05, 3.63) is 79.0 Å². The van der Waals surface area contributed by atoms with Crippen LogP contribution in [0, 0.1) is 5.82 Å². The smallest absolute Gasteiger partial charge is 0.181 e. The fourth-order valence-corrected chi connectivity index (χ4v) is 4.64. The van der Waals surface area contributed by atoms with Crippen molar-refractivity contribution < 1.29 is 9.13 Å². The maximum absolute atomic E-state index is 14.2. The number of fused-ring (bicyclic) bond motifs is 2. The van der Waals surface area contributed by atoms with E-state index in [-0.39, 0.29) is 5.82 Å². The predicted molar refractivity (Wildman–Crippen MR) is 145 cm³/mol. The highest BCUT2D eigenvalue weighted by atomic mass is 19.1. The Kier molecular flexibility index (Phi) is 5.56. The van der Waals surface area contributed by atoms with Crippen LogP contribution >= 0.6 is 0 Å².